The second kappa shape index (κ2) is 5.86. The Balaban J connectivity index is 1.67. The van der Waals surface area contributed by atoms with Gasteiger partial charge in [0.05, 0.1) is 0 Å². The molecule has 1 aromatic heterocycles. The van der Waals surface area contributed by atoms with E-state index in [0.29, 0.717) is 6.42 Å². The Morgan fingerprint density at radius 3 is 3.00 bits per heavy atom. The van der Waals surface area contributed by atoms with Crippen molar-refractivity contribution in [1.82, 2.24) is 25.4 Å². The van der Waals surface area contributed by atoms with Crippen LogP contribution < -0.4 is 5.32 Å². The van der Waals surface area contributed by atoms with Gasteiger partial charge < -0.3 is 10.2 Å². The molecule has 2 heterocycles. The molecular formula is C9H15N5OS. The van der Waals surface area contributed by atoms with Crippen molar-refractivity contribution in [3.05, 3.63) is 6.33 Å². The van der Waals surface area contributed by atoms with Gasteiger partial charge in [-0.15, -0.1) is 0 Å². The van der Waals surface area contributed by atoms with E-state index in [-0.39, 0.29) is 5.91 Å². The highest BCUT2D eigenvalue weighted by Crippen LogP contribution is 2.12. The predicted octanol–water partition coefficient (Wildman–Crippen LogP) is -0.281. The Labute approximate surface area is 98.2 Å². The van der Waals surface area contributed by atoms with Crippen molar-refractivity contribution < 1.29 is 4.79 Å². The first-order valence-corrected chi connectivity index (χ1v) is 6.31. The van der Waals surface area contributed by atoms with Gasteiger partial charge in [0.25, 0.3) is 0 Å². The van der Waals surface area contributed by atoms with Gasteiger partial charge in [0.2, 0.25) is 5.91 Å². The van der Waals surface area contributed by atoms with E-state index in [0.717, 1.165) is 37.1 Å². The average molecular weight is 241 g/mol. The summed E-state index contributed by atoms with van der Waals surface area (Å²) in [6.45, 7) is 3.46. The minimum Gasteiger partial charge on any atom is -0.340 e. The van der Waals surface area contributed by atoms with E-state index in [1.54, 1.807) is 0 Å². The largest absolute Gasteiger partial charge is 0.340 e. The highest BCUT2D eigenvalue weighted by Gasteiger charge is 2.15. The fourth-order valence-electron chi connectivity index (χ4n) is 1.57. The van der Waals surface area contributed by atoms with Gasteiger partial charge in [-0.05, 0) is 0 Å². The standard InChI is InChI=1S/C9H15N5OS/c15-8(14-4-2-10-3-5-14)1-6-16-9-11-7-12-13-9/h7,10H,1-6H2,(H,11,12,13). The van der Waals surface area contributed by atoms with E-state index < -0.39 is 0 Å². The molecule has 0 atom stereocenters. The molecule has 0 radical (unpaired) electrons. The molecule has 0 bridgehead atoms. The fraction of sp³-hybridized carbons (Fsp3) is 0.667. The van der Waals surface area contributed by atoms with Crippen molar-refractivity contribution in [2.45, 2.75) is 11.6 Å². The third kappa shape index (κ3) is 3.21. The molecule has 0 saturated carbocycles. The molecule has 16 heavy (non-hydrogen) atoms. The molecule has 0 aromatic carbocycles. The van der Waals surface area contributed by atoms with Crippen LogP contribution in [0, 0.1) is 0 Å². The third-order valence-corrected chi connectivity index (χ3v) is 3.30. The van der Waals surface area contributed by atoms with Gasteiger partial charge >= 0.3 is 0 Å². The lowest BCUT2D eigenvalue weighted by molar-refractivity contribution is -0.131. The first kappa shape index (κ1) is 11.4. The fourth-order valence-corrected chi connectivity index (χ4v) is 2.28. The number of piperazine rings is 1. The summed E-state index contributed by atoms with van der Waals surface area (Å²) in [7, 11) is 0. The molecule has 1 aliphatic heterocycles. The van der Waals surface area contributed by atoms with E-state index in [1.165, 1.54) is 18.1 Å². The van der Waals surface area contributed by atoms with Crippen LogP contribution in [0.4, 0.5) is 0 Å². The van der Waals surface area contributed by atoms with E-state index in [1.807, 2.05) is 4.90 Å². The molecule has 88 valence electrons. The van der Waals surface area contributed by atoms with Gasteiger partial charge in [-0.25, -0.2) is 4.98 Å². The lowest BCUT2D eigenvalue weighted by atomic mass is 10.3. The van der Waals surface area contributed by atoms with Crippen LogP contribution in [0.5, 0.6) is 0 Å². The van der Waals surface area contributed by atoms with Gasteiger partial charge in [-0.1, -0.05) is 11.8 Å². The summed E-state index contributed by atoms with van der Waals surface area (Å²) in [4.78, 5) is 17.7. The monoisotopic (exact) mass is 241 g/mol. The number of nitrogens with one attached hydrogen (secondary N) is 2. The number of amides is 1. The zero-order valence-corrected chi connectivity index (χ0v) is 9.79. The summed E-state index contributed by atoms with van der Waals surface area (Å²) < 4.78 is 0. The zero-order chi connectivity index (χ0) is 11.2. The first-order chi connectivity index (χ1) is 7.86. The molecule has 1 amide bonds. The number of thioether (sulfide) groups is 1. The SMILES string of the molecule is O=C(CCSc1ncn[nH]1)N1CCNCC1. The molecule has 0 unspecified atom stereocenters. The van der Waals surface area contributed by atoms with Gasteiger partial charge in [0, 0.05) is 38.4 Å². The maximum absolute atomic E-state index is 11.8. The van der Waals surface area contributed by atoms with Crippen LogP contribution in [0.25, 0.3) is 0 Å². The van der Waals surface area contributed by atoms with Crippen molar-refractivity contribution in [2.75, 3.05) is 31.9 Å². The summed E-state index contributed by atoms with van der Waals surface area (Å²) in [5, 5.41) is 10.5. The smallest absolute Gasteiger partial charge is 0.223 e. The molecule has 1 saturated heterocycles. The predicted molar refractivity (Wildman–Crippen MR) is 61.2 cm³/mol. The summed E-state index contributed by atoms with van der Waals surface area (Å²) in [5.41, 5.74) is 0. The van der Waals surface area contributed by atoms with E-state index in [2.05, 4.69) is 20.5 Å². The lowest BCUT2D eigenvalue weighted by Crippen LogP contribution is -2.46. The Morgan fingerprint density at radius 2 is 2.31 bits per heavy atom. The van der Waals surface area contributed by atoms with Gasteiger partial charge in [-0.2, -0.15) is 5.10 Å². The van der Waals surface area contributed by atoms with Crippen molar-refractivity contribution in [3.63, 3.8) is 0 Å². The molecule has 1 aliphatic rings. The van der Waals surface area contributed by atoms with E-state index >= 15 is 0 Å². The Morgan fingerprint density at radius 1 is 1.50 bits per heavy atom. The minimum atomic E-state index is 0.230. The number of aromatic amines is 1. The molecule has 7 heteroatoms. The maximum atomic E-state index is 11.8. The number of nitrogens with zero attached hydrogens (tertiary/aromatic N) is 3. The Bertz CT molecular complexity index is 323. The second-order valence-electron chi connectivity index (χ2n) is 3.52. The summed E-state index contributed by atoms with van der Waals surface area (Å²) in [6.07, 6.45) is 2.03. The summed E-state index contributed by atoms with van der Waals surface area (Å²) >= 11 is 1.53. The molecular weight excluding hydrogens is 226 g/mol. The van der Waals surface area contributed by atoms with Crippen molar-refractivity contribution >= 4 is 17.7 Å². The van der Waals surface area contributed by atoms with Crippen LogP contribution in [0.2, 0.25) is 0 Å². The van der Waals surface area contributed by atoms with Crippen molar-refractivity contribution in [2.24, 2.45) is 0 Å². The minimum absolute atomic E-state index is 0.230. The average Bonchev–Trinajstić information content (AvgIpc) is 2.83. The number of hydrogen-bond donors (Lipinski definition) is 2. The quantitative estimate of drug-likeness (QED) is 0.709. The molecule has 6 nitrogen and oxygen atoms in total. The molecule has 1 aromatic rings. The molecule has 2 N–H and O–H groups in total. The summed E-state index contributed by atoms with van der Waals surface area (Å²) in [6, 6.07) is 0. The Kier molecular flexibility index (Phi) is 4.17. The zero-order valence-electron chi connectivity index (χ0n) is 8.98. The number of hydrogen-bond acceptors (Lipinski definition) is 5. The highest BCUT2D eigenvalue weighted by molar-refractivity contribution is 7.99. The molecule has 1 fully saturated rings. The van der Waals surface area contributed by atoms with Gasteiger partial charge in [0.1, 0.15) is 6.33 Å². The van der Waals surface area contributed by atoms with E-state index in [4.69, 9.17) is 0 Å². The molecule has 0 aliphatic carbocycles. The van der Waals surface area contributed by atoms with Crippen LogP contribution in [0.15, 0.2) is 11.5 Å². The van der Waals surface area contributed by atoms with Crippen LogP contribution in [0.3, 0.4) is 0 Å². The van der Waals surface area contributed by atoms with Crippen LogP contribution >= 0.6 is 11.8 Å². The maximum Gasteiger partial charge on any atom is 0.223 e. The topological polar surface area (TPSA) is 73.9 Å². The van der Waals surface area contributed by atoms with Crippen molar-refractivity contribution in [3.8, 4) is 0 Å². The second-order valence-corrected chi connectivity index (χ2v) is 4.60. The normalized spacial score (nSPS) is 16.4. The van der Waals surface area contributed by atoms with Crippen molar-refractivity contribution in [1.29, 1.82) is 0 Å². The number of H-pyrrole nitrogens is 1. The Hall–Kier alpha value is -1.08. The van der Waals surface area contributed by atoms with Crippen LogP contribution in [-0.2, 0) is 4.79 Å². The number of carbonyl (C=O) groups is 1. The first-order valence-electron chi connectivity index (χ1n) is 5.33. The highest BCUT2D eigenvalue weighted by atomic mass is 32.2. The number of carbonyl (C=O) groups excluding carboxylic acids is 1. The summed E-state index contributed by atoms with van der Waals surface area (Å²) in [5.74, 6) is 0.978. The third-order valence-electron chi connectivity index (χ3n) is 2.42. The molecule has 2 rings (SSSR count). The lowest BCUT2D eigenvalue weighted by Gasteiger charge is -2.27. The number of aromatic nitrogens is 3. The van der Waals surface area contributed by atoms with Crippen LogP contribution in [-0.4, -0.2) is 57.9 Å². The van der Waals surface area contributed by atoms with E-state index in [9.17, 15) is 4.79 Å². The van der Waals surface area contributed by atoms with Gasteiger partial charge in [-0.3, -0.25) is 9.89 Å². The number of rotatable bonds is 4. The molecule has 0 spiro atoms. The van der Waals surface area contributed by atoms with Crippen LogP contribution in [0.1, 0.15) is 6.42 Å². The van der Waals surface area contributed by atoms with Gasteiger partial charge in [0.15, 0.2) is 5.16 Å².